The molecule has 0 aliphatic heterocycles. The highest BCUT2D eigenvalue weighted by atomic mass is 32.2. The molecule has 1 amide bonds. The molecular weight excluding hydrogens is 430 g/mol. The van der Waals surface area contributed by atoms with Gasteiger partial charge in [0.05, 0.1) is 23.9 Å². The van der Waals surface area contributed by atoms with E-state index >= 15 is 0 Å². The maximum absolute atomic E-state index is 13.5. The van der Waals surface area contributed by atoms with Crippen molar-refractivity contribution in [1.29, 1.82) is 0 Å². The SMILES string of the molecule is O=C(CSc1nc2sc3c(c2c(=O)n1Cc1ccco1)CCCC3)Nc1ccccc1. The fourth-order valence-electron chi connectivity index (χ4n) is 3.88. The molecule has 0 bridgehead atoms. The second-order valence-electron chi connectivity index (χ2n) is 7.46. The Kier molecular flexibility index (Phi) is 5.65. The minimum Gasteiger partial charge on any atom is -0.467 e. The van der Waals surface area contributed by atoms with Gasteiger partial charge in [0.2, 0.25) is 5.91 Å². The third kappa shape index (κ3) is 4.18. The van der Waals surface area contributed by atoms with Crippen LogP contribution in [0.2, 0.25) is 0 Å². The molecule has 1 N–H and O–H groups in total. The summed E-state index contributed by atoms with van der Waals surface area (Å²) in [6.07, 6.45) is 5.79. The van der Waals surface area contributed by atoms with Crippen LogP contribution in [0.1, 0.15) is 29.0 Å². The van der Waals surface area contributed by atoms with E-state index in [-0.39, 0.29) is 17.2 Å². The average molecular weight is 452 g/mol. The summed E-state index contributed by atoms with van der Waals surface area (Å²) in [5.41, 5.74) is 1.86. The molecule has 1 aromatic carbocycles. The minimum absolute atomic E-state index is 0.0493. The predicted octanol–water partition coefficient (Wildman–Crippen LogP) is 4.71. The van der Waals surface area contributed by atoms with E-state index in [1.165, 1.54) is 16.6 Å². The molecule has 1 aliphatic carbocycles. The first kappa shape index (κ1) is 20.1. The van der Waals surface area contributed by atoms with E-state index in [2.05, 4.69) is 5.32 Å². The summed E-state index contributed by atoms with van der Waals surface area (Å²) in [6, 6.07) is 13.0. The molecule has 0 atom stereocenters. The fraction of sp³-hybridized carbons (Fsp3) is 0.261. The van der Waals surface area contributed by atoms with Crippen molar-refractivity contribution in [1.82, 2.24) is 9.55 Å². The number of hydrogen-bond acceptors (Lipinski definition) is 6. The molecule has 4 aromatic rings. The number of nitrogens with one attached hydrogen (secondary N) is 1. The van der Waals surface area contributed by atoms with Gasteiger partial charge < -0.3 is 9.73 Å². The number of thioether (sulfide) groups is 1. The number of carbonyl (C=O) groups excluding carboxylic acids is 1. The van der Waals surface area contributed by atoms with E-state index in [1.807, 2.05) is 36.4 Å². The van der Waals surface area contributed by atoms with Crippen molar-refractivity contribution < 1.29 is 9.21 Å². The lowest BCUT2D eigenvalue weighted by Gasteiger charge is -2.13. The van der Waals surface area contributed by atoms with Gasteiger partial charge in [0.1, 0.15) is 10.6 Å². The second-order valence-corrected chi connectivity index (χ2v) is 9.49. The maximum Gasteiger partial charge on any atom is 0.263 e. The first-order valence-corrected chi connectivity index (χ1v) is 12.0. The molecule has 8 heteroatoms. The van der Waals surface area contributed by atoms with Crippen LogP contribution in [-0.2, 0) is 24.2 Å². The highest BCUT2D eigenvalue weighted by Crippen LogP contribution is 2.34. The molecular formula is C23H21N3O3S2. The Morgan fingerprint density at radius 2 is 2.00 bits per heavy atom. The number of carbonyl (C=O) groups is 1. The molecule has 0 radical (unpaired) electrons. The number of aryl methyl sites for hydroxylation is 2. The van der Waals surface area contributed by atoms with Gasteiger partial charge in [-0.15, -0.1) is 11.3 Å². The molecule has 0 fully saturated rings. The van der Waals surface area contributed by atoms with Gasteiger partial charge in [-0.1, -0.05) is 30.0 Å². The third-order valence-corrected chi connectivity index (χ3v) is 7.49. The number of anilines is 1. The Hall–Kier alpha value is -2.84. The number of fused-ring (bicyclic) bond motifs is 3. The molecule has 31 heavy (non-hydrogen) atoms. The number of thiophene rings is 1. The fourth-order valence-corrected chi connectivity index (χ4v) is 5.98. The quantitative estimate of drug-likeness (QED) is 0.339. The number of amides is 1. The van der Waals surface area contributed by atoms with Crippen molar-refractivity contribution in [2.24, 2.45) is 0 Å². The van der Waals surface area contributed by atoms with Crippen LogP contribution in [0.3, 0.4) is 0 Å². The highest BCUT2D eigenvalue weighted by Gasteiger charge is 2.23. The summed E-state index contributed by atoms with van der Waals surface area (Å²) in [7, 11) is 0. The number of rotatable bonds is 6. The monoisotopic (exact) mass is 451 g/mol. The van der Waals surface area contributed by atoms with E-state index in [9.17, 15) is 9.59 Å². The Labute approximate surface area is 187 Å². The van der Waals surface area contributed by atoms with Crippen molar-refractivity contribution >= 4 is 44.9 Å². The molecule has 1 aliphatic rings. The van der Waals surface area contributed by atoms with Crippen LogP contribution < -0.4 is 10.9 Å². The number of para-hydroxylation sites is 1. The number of aromatic nitrogens is 2. The van der Waals surface area contributed by atoms with Crippen molar-refractivity contribution in [3.05, 3.63) is 75.3 Å². The molecule has 6 nitrogen and oxygen atoms in total. The van der Waals surface area contributed by atoms with Crippen LogP contribution in [0.15, 0.2) is 63.1 Å². The molecule has 0 spiro atoms. The van der Waals surface area contributed by atoms with Gasteiger partial charge >= 0.3 is 0 Å². The molecule has 0 saturated carbocycles. The van der Waals surface area contributed by atoms with Crippen LogP contribution in [0.5, 0.6) is 0 Å². The van der Waals surface area contributed by atoms with E-state index < -0.39 is 0 Å². The Bertz CT molecular complexity index is 1280. The lowest BCUT2D eigenvalue weighted by atomic mass is 9.97. The zero-order valence-electron chi connectivity index (χ0n) is 16.8. The maximum atomic E-state index is 13.5. The first-order valence-electron chi connectivity index (χ1n) is 10.2. The van der Waals surface area contributed by atoms with Crippen molar-refractivity contribution in [2.75, 3.05) is 11.1 Å². The topological polar surface area (TPSA) is 77.1 Å². The minimum atomic E-state index is -0.138. The number of furan rings is 1. The summed E-state index contributed by atoms with van der Waals surface area (Å²) < 4.78 is 7.13. The lowest BCUT2D eigenvalue weighted by molar-refractivity contribution is -0.113. The van der Waals surface area contributed by atoms with E-state index in [0.717, 1.165) is 47.2 Å². The van der Waals surface area contributed by atoms with Gasteiger partial charge in [0.15, 0.2) is 5.16 Å². The molecule has 3 aromatic heterocycles. The van der Waals surface area contributed by atoms with Crippen LogP contribution >= 0.6 is 23.1 Å². The number of nitrogens with zero attached hydrogens (tertiary/aromatic N) is 2. The summed E-state index contributed by atoms with van der Waals surface area (Å²) in [6.45, 7) is 0.294. The normalized spacial score (nSPS) is 13.3. The van der Waals surface area contributed by atoms with E-state index in [0.29, 0.717) is 17.5 Å². The average Bonchev–Trinajstić information content (AvgIpc) is 3.42. The molecule has 158 valence electrons. The van der Waals surface area contributed by atoms with Crippen molar-refractivity contribution in [2.45, 2.75) is 37.4 Å². The molecule has 0 unspecified atom stereocenters. The zero-order chi connectivity index (χ0) is 21.2. The number of hydrogen-bond donors (Lipinski definition) is 1. The largest absolute Gasteiger partial charge is 0.467 e. The van der Waals surface area contributed by atoms with Gasteiger partial charge in [-0.2, -0.15) is 0 Å². The summed E-state index contributed by atoms with van der Waals surface area (Å²) in [5, 5.41) is 4.16. The van der Waals surface area contributed by atoms with Gasteiger partial charge in [0, 0.05) is 10.6 Å². The summed E-state index contributed by atoms with van der Waals surface area (Å²) in [5.74, 6) is 0.708. The van der Waals surface area contributed by atoms with E-state index in [1.54, 1.807) is 28.2 Å². The van der Waals surface area contributed by atoms with Crippen LogP contribution in [0.4, 0.5) is 5.69 Å². The van der Waals surface area contributed by atoms with Crippen LogP contribution in [-0.4, -0.2) is 21.2 Å². The smallest absolute Gasteiger partial charge is 0.263 e. The first-order chi connectivity index (χ1) is 15.2. The second kappa shape index (κ2) is 8.72. The molecule has 5 rings (SSSR count). The Morgan fingerprint density at radius 1 is 1.16 bits per heavy atom. The van der Waals surface area contributed by atoms with Gasteiger partial charge in [-0.25, -0.2) is 4.98 Å². The molecule has 0 saturated heterocycles. The van der Waals surface area contributed by atoms with Gasteiger partial charge in [0.25, 0.3) is 5.56 Å². The van der Waals surface area contributed by atoms with Crippen molar-refractivity contribution in [3.8, 4) is 0 Å². The predicted molar refractivity (Wildman–Crippen MR) is 124 cm³/mol. The zero-order valence-corrected chi connectivity index (χ0v) is 18.4. The highest BCUT2D eigenvalue weighted by molar-refractivity contribution is 7.99. The van der Waals surface area contributed by atoms with Crippen LogP contribution in [0, 0.1) is 0 Å². The van der Waals surface area contributed by atoms with Crippen molar-refractivity contribution in [3.63, 3.8) is 0 Å². The Morgan fingerprint density at radius 3 is 2.81 bits per heavy atom. The summed E-state index contributed by atoms with van der Waals surface area (Å²) >= 11 is 2.90. The number of benzene rings is 1. The molecule has 3 heterocycles. The van der Waals surface area contributed by atoms with Crippen LogP contribution in [0.25, 0.3) is 10.2 Å². The van der Waals surface area contributed by atoms with E-state index in [4.69, 9.17) is 9.40 Å². The third-order valence-electron chi connectivity index (χ3n) is 5.32. The lowest BCUT2D eigenvalue weighted by Crippen LogP contribution is -2.25. The van der Waals surface area contributed by atoms with Gasteiger partial charge in [-0.3, -0.25) is 14.2 Å². The summed E-state index contributed by atoms with van der Waals surface area (Å²) in [4.78, 5) is 32.9. The Balaban J connectivity index is 1.48. The standard InChI is InChI=1S/C23H21N3O3S2/c27-19(24-15-7-2-1-3-8-15)14-30-23-25-21-20(17-10-4-5-11-18(17)31-21)22(28)26(23)13-16-9-6-12-29-16/h1-3,6-9,12H,4-5,10-11,13-14H2,(H,24,27). The van der Waals surface area contributed by atoms with Gasteiger partial charge in [-0.05, 0) is 55.5 Å².